The van der Waals surface area contributed by atoms with Gasteiger partial charge in [-0.15, -0.1) is 0 Å². The van der Waals surface area contributed by atoms with Crippen LogP contribution in [0.4, 0.5) is 5.69 Å². The van der Waals surface area contributed by atoms with Crippen molar-refractivity contribution in [3.8, 4) is 6.07 Å². The highest BCUT2D eigenvalue weighted by molar-refractivity contribution is 5.57. The average Bonchev–Trinajstić information content (AvgIpc) is 2.68. The number of para-hydroxylation sites is 1. The van der Waals surface area contributed by atoms with Gasteiger partial charge in [-0.2, -0.15) is 10.4 Å². The molecule has 4 heteroatoms. The van der Waals surface area contributed by atoms with E-state index in [1.807, 2.05) is 43.0 Å². The second-order valence-corrected chi connectivity index (χ2v) is 3.89. The van der Waals surface area contributed by atoms with Crippen molar-refractivity contribution in [2.45, 2.75) is 13.5 Å². The van der Waals surface area contributed by atoms with Crippen LogP contribution in [0.3, 0.4) is 0 Å². The summed E-state index contributed by atoms with van der Waals surface area (Å²) < 4.78 is 1.84. The van der Waals surface area contributed by atoms with Gasteiger partial charge in [-0.1, -0.05) is 12.1 Å². The van der Waals surface area contributed by atoms with Gasteiger partial charge in [0.2, 0.25) is 0 Å². The second kappa shape index (κ2) is 4.71. The number of hydrogen-bond acceptors (Lipinski definition) is 3. The van der Waals surface area contributed by atoms with Gasteiger partial charge in [0.25, 0.3) is 0 Å². The normalized spacial score (nSPS) is 9.94. The lowest BCUT2D eigenvalue weighted by atomic mass is 10.2. The maximum absolute atomic E-state index is 8.97. The summed E-state index contributed by atoms with van der Waals surface area (Å²) in [6.07, 6.45) is 1.84. The number of aryl methyl sites for hydroxylation is 1. The van der Waals surface area contributed by atoms with Crippen molar-refractivity contribution in [3.05, 3.63) is 47.3 Å². The fourth-order valence-electron chi connectivity index (χ4n) is 1.64. The van der Waals surface area contributed by atoms with Crippen LogP contribution >= 0.6 is 0 Å². The summed E-state index contributed by atoms with van der Waals surface area (Å²) in [4.78, 5) is 0. The lowest BCUT2D eigenvalue weighted by Gasteiger charge is -2.07. The van der Waals surface area contributed by atoms with E-state index in [2.05, 4.69) is 16.5 Å². The maximum Gasteiger partial charge on any atom is 0.101 e. The van der Waals surface area contributed by atoms with E-state index in [-0.39, 0.29) is 0 Å². The van der Waals surface area contributed by atoms with Gasteiger partial charge in [0, 0.05) is 24.8 Å². The molecule has 0 radical (unpaired) electrons. The first-order valence-electron chi connectivity index (χ1n) is 5.43. The molecular formula is C13H14N4. The average molecular weight is 226 g/mol. The summed E-state index contributed by atoms with van der Waals surface area (Å²) >= 11 is 0. The van der Waals surface area contributed by atoms with E-state index in [0.29, 0.717) is 12.1 Å². The summed E-state index contributed by atoms with van der Waals surface area (Å²) in [5.74, 6) is 0. The molecule has 0 aliphatic rings. The van der Waals surface area contributed by atoms with E-state index in [1.165, 1.54) is 0 Å². The zero-order chi connectivity index (χ0) is 12.3. The van der Waals surface area contributed by atoms with Gasteiger partial charge >= 0.3 is 0 Å². The minimum Gasteiger partial charge on any atom is -0.380 e. The molecule has 0 aliphatic carbocycles. The Morgan fingerprint density at radius 1 is 1.41 bits per heavy atom. The number of nitrogens with one attached hydrogen (secondary N) is 1. The monoisotopic (exact) mass is 226 g/mol. The Morgan fingerprint density at radius 2 is 2.18 bits per heavy atom. The summed E-state index contributed by atoms with van der Waals surface area (Å²) in [7, 11) is 1.92. The van der Waals surface area contributed by atoms with Crippen molar-refractivity contribution >= 4 is 5.69 Å². The molecule has 0 atom stereocenters. The molecule has 1 heterocycles. The van der Waals surface area contributed by atoms with Crippen LogP contribution in [0.2, 0.25) is 0 Å². The number of anilines is 1. The molecule has 0 amide bonds. The number of nitrogens with zero attached hydrogens (tertiary/aromatic N) is 3. The molecule has 0 saturated heterocycles. The highest BCUT2D eigenvalue weighted by atomic mass is 15.3. The SMILES string of the molecule is Cc1c(CNc2ccccc2C#N)cnn1C. The van der Waals surface area contributed by atoms with Crippen LogP contribution in [0.25, 0.3) is 0 Å². The molecule has 0 aliphatic heterocycles. The van der Waals surface area contributed by atoms with Gasteiger partial charge < -0.3 is 5.32 Å². The fraction of sp³-hybridized carbons (Fsp3) is 0.231. The molecule has 1 aromatic carbocycles. The number of nitriles is 1. The molecule has 17 heavy (non-hydrogen) atoms. The zero-order valence-corrected chi connectivity index (χ0v) is 9.94. The van der Waals surface area contributed by atoms with E-state index in [9.17, 15) is 0 Å². The molecule has 1 N–H and O–H groups in total. The highest BCUT2D eigenvalue weighted by Crippen LogP contribution is 2.15. The van der Waals surface area contributed by atoms with Gasteiger partial charge in [0.05, 0.1) is 17.4 Å². The fourth-order valence-corrected chi connectivity index (χ4v) is 1.64. The third-order valence-corrected chi connectivity index (χ3v) is 2.85. The van der Waals surface area contributed by atoms with Crippen LogP contribution in [-0.2, 0) is 13.6 Å². The lowest BCUT2D eigenvalue weighted by molar-refractivity contribution is 0.738. The molecule has 0 saturated carbocycles. The minimum atomic E-state index is 0.661. The Balaban J connectivity index is 2.13. The van der Waals surface area contributed by atoms with Crippen LogP contribution in [0.15, 0.2) is 30.5 Å². The first-order chi connectivity index (χ1) is 8.22. The van der Waals surface area contributed by atoms with Crippen molar-refractivity contribution in [2.75, 3.05) is 5.32 Å². The Bertz CT molecular complexity index is 563. The van der Waals surface area contributed by atoms with Gasteiger partial charge in [-0.05, 0) is 19.1 Å². The van der Waals surface area contributed by atoms with Gasteiger partial charge in [-0.3, -0.25) is 4.68 Å². The van der Waals surface area contributed by atoms with Crippen LogP contribution < -0.4 is 5.32 Å². The van der Waals surface area contributed by atoms with E-state index in [0.717, 1.165) is 16.9 Å². The molecule has 0 fully saturated rings. The summed E-state index contributed by atoms with van der Waals surface area (Å²) in [5.41, 5.74) is 3.79. The van der Waals surface area contributed by atoms with Crippen molar-refractivity contribution in [1.82, 2.24) is 9.78 Å². The Kier molecular flexibility index (Phi) is 3.10. The van der Waals surface area contributed by atoms with Crippen LogP contribution in [-0.4, -0.2) is 9.78 Å². The Morgan fingerprint density at radius 3 is 2.82 bits per heavy atom. The summed E-state index contributed by atoms with van der Waals surface area (Å²) in [5, 5.41) is 16.4. The largest absolute Gasteiger partial charge is 0.380 e. The third-order valence-electron chi connectivity index (χ3n) is 2.85. The molecule has 2 aromatic rings. The summed E-state index contributed by atoms with van der Waals surface area (Å²) in [6.45, 7) is 2.71. The molecular weight excluding hydrogens is 212 g/mol. The van der Waals surface area contributed by atoms with Crippen molar-refractivity contribution in [2.24, 2.45) is 7.05 Å². The topological polar surface area (TPSA) is 53.6 Å². The molecule has 0 unspecified atom stereocenters. The third kappa shape index (κ3) is 2.28. The van der Waals surface area contributed by atoms with Gasteiger partial charge in [0.15, 0.2) is 0 Å². The van der Waals surface area contributed by atoms with E-state index in [4.69, 9.17) is 5.26 Å². The van der Waals surface area contributed by atoms with E-state index in [1.54, 1.807) is 6.07 Å². The molecule has 0 spiro atoms. The first-order valence-corrected chi connectivity index (χ1v) is 5.43. The molecule has 4 nitrogen and oxygen atoms in total. The first kappa shape index (κ1) is 11.2. The number of hydrogen-bond donors (Lipinski definition) is 1. The Labute approximate surface area is 100 Å². The van der Waals surface area contributed by atoms with Crippen molar-refractivity contribution < 1.29 is 0 Å². The highest BCUT2D eigenvalue weighted by Gasteiger charge is 2.04. The van der Waals surface area contributed by atoms with E-state index >= 15 is 0 Å². The summed E-state index contributed by atoms with van der Waals surface area (Å²) in [6, 6.07) is 9.66. The predicted octanol–water partition coefficient (Wildman–Crippen LogP) is 2.21. The zero-order valence-electron chi connectivity index (χ0n) is 9.94. The predicted molar refractivity (Wildman–Crippen MR) is 66.4 cm³/mol. The van der Waals surface area contributed by atoms with Gasteiger partial charge in [0.1, 0.15) is 6.07 Å². The number of benzene rings is 1. The van der Waals surface area contributed by atoms with Crippen LogP contribution in [0.1, 0.15) is 16.8 Å². The lowest BCUT2D eigenvalue weighted by Crippen LogP contribution is -2.02. The molecule has 1 aromatic heterocycles. The standard InChI is InChI=1S/C13H14N4/c1-10-12(9-16-17(10)2)8-15-13-6-4-3-5-11(13)7-14/h3-6,9,15H,8H2,1-2H3. The Hall–Kier alpha value is -2.28. The van der Waals surface area contributed by atoms with Crippen molar-refractivity contribution in [1.29, 1.82) is 5.26 Å². The van der Waals surface area contributed by atoms with E-state index < -0.39 is 0 Å². The quantitative estimate of drug-likeness (QED) is 0.873. The van der Waals surface area contributed by atoms with Crippen LogP contribution in [0, 0.1) is 18.3 Å². The minimum absolute atomic E-state index is 0.661. The molecule has 2 rings (SSSR count). The van der Waals surface area contributed by atoms with Crippen molar-refractivity contribution in [3.63, 3.8) is 0 Å². The van der Waals surface area contributed by atoms with Gasteiger partial charge in [-0.25, -0.2) is 0 Å². The number of rotatable bonds is 3. The number of aromatic nitrogens is 2. The smallest absolute Gasteiger partial charge is 0.101 e. The maximum atomic E-state index is 8.97. The van der Waals surface area contributed by atoms with Crippen LogP contribution in [0.5, 0.6) is 0 Å². The molecule has 0 bridgehead atoms. The molecule has 86 valence electrons. The second-order valence-electron chi connectivity index (χ2n) is 3.89.